The summed E-state index contributed by atoms with van der Waals surface area (Å²) in [5.41, 5.74) is 1.50. The van der Waals surface area contributed by atoms with Gasteiger partial charge in [-0.2, -0.15) is 0 Å². The maximum atomic E-state index is 12.6. The highest BCUT2D eigenvalue weighted by Gasteiger charge is 2.21. The molecule has 0 aliphatic carbocycles. The highest BCUT2D eigenvalue weighted by molar-refractivity contribution is 5.91. The fourth-order valence-electron chi connectivity index (χ4n) is 2.65. The van der Waals surface area contributed by atoms with Gasteiger partial charge in [0.25, 0.3) is 0 Å². The largest absolute Gasteiger partial charge is 0.443 e. The molecule has 0 aliphatic heterocycles. The van der Waals surface area contributed by atoms with Crippen molar-refractivity contribution in [1.29, 1.82) is 0 Å². The van der Waals surface area contributed by atoms with Crippen LogP contribution in [0.2, 0.25) is 0 Å². The molecule has 1 aromatic heterocycles. The van der Waals surface area contributed by atoms with Crippen LogP contribution >= 0.6 is 0 Å². The third-order valence-corrected chi connectivity index (χ3v) is 3.65. The molecule has 0 saturated carbocycles. The van der Waals surface area contributed by atoms with Crippen molar-refractivity contribution in [2.24, 2.45) is 0 Å². The Labute approximate surface area is 133 Å². The molecule has 1 aromatic carbocycles. The lowest BCUT2D eigenvalue weighted by molar-refractivity contribution is 0.0540. The summed E-state index contributed by atoms with van der Waals surface area (Å²) in [5.74, 6) is 0. The summed E-state index contributed by atoms with van der Waals surface area (Å²) in [6.07, 6.45) is 5.40. The molecule has 3 nitrogen and oxygen atoms in total. The van der Waals surface area contributed by atoms with E-state index in [9.17, 15) is 4.79 Å². The van der Waals surface area contributed by atoms with Gasteiger partial charge in [-0.15, -0.1) is 0 Å². The number of unbranched alkanes of at least 4 members (excludes halogenated alkanes) is 3. The van der Waals surface area contributed by atoms with Gasteiger partial charge in [-0.3, -0.25) is 0 Å². The second-order valence-corrected chi connectivity index (χ2v) is 6.82. The van der Waals surface area contributed by atoms with Gasteiger partial charge in [-0.1, -0.05) is 44.4 Å². The van der Waals surface area contributed by atoms with E-state index in [2.05, 4.69) is 13.0 Å². The third-order valence-electron chi connectivity index (χ3n) is 3.65. The minimum Gasteiger partial charge on any atom is -0.443 e. The van der Waals surface area contributed by atoms with Crippen LogP contribution in [0.1, 0.15) is 59.1 Å². The van der Waals surface area contributed by atoms with Crippen LogP contribution in [0.3, 0.4) is 0 Å². The topological polar surface area (TPSA) is 31.2 Å². The van der Waals surface area contributed by atoms with Gasteiger partial charge in [0.1, 0.15) is 5.60 Å². The molecule has 0 aliphatic rings. The second-order valence-electron chi connectivity index (χ2n) is 6.82. The van der Waals surface area contributed by atoms with E-state index in [1.165, 1.54) is 19.3 Å². The highest BCUT2D eigenvalue weighted by Crippen LogP contribution is 2.23. The standard InChI is InChI=1S/C19H27NO2/c1-5-6-7-8-12-16-14-15-11-9-10-13-17(15)20(16)18(21)22-19(2,3)4/h9-11,13-14H,5-8,12H2,1-4H3. The Hall–Kier alpha value is -1.77. The number of nitrogens with zero attached hydrogens (tertiary/aromatic N) is 1. The van der Waals surface area contributed by atoms with E-state index in [1.54, 1.807) is 4.57 Å². The first-order chi connectivity index (χ1) is 10.4. The van der Waals surface area contributed by atoms with Gasteiger partial charge in [-0.05, 0) is 45.7 Å². The van der Waals surface area contributed by atoms with E-state index in [0.29, 0.717) is 0 Å². The Bertz CT molecular complexity index is 634. The van der Waals surface area contributed by atoms with Crippen molar-refractivity contribution < 1.29 is 9.53 Å². The summed E-state index contributed by atoms with van der Waals surface area (Å²) in [5, 5.41) is 1.10. The van der Waals surface area contributed by atoms with Gasteiger partial charge in [0, 0.05) is 11.1 Å². The first kappa shape index (κ1) is 16.6. The molecule has 0 amide bonds. The zero-order valence-corrected chi connectivity index (χ0v) is 14.2. The Morgan fingerprint density at radius 3 is 2.55 bits per heavy atom. The number of aryl methyl sites for hydroxylation is 1. The fraction of sp³-hybridized carbons (Fsp3) is 0.526. The lowest BCUT2D eigenvalue weighted by Gasteiger charge is -2.21. The van der Waals surface area contributed by atoms with Crippen molar-refractivity contribution in [1.82, 2.24) is 4.57 Å². The molecule has 0 spiro atoms. The van der Waals surface area contributed by atoms with Gasteiger partial charge in [0.15, 0.2) is 0 Å². The zero-order valence-electron chi connectivity index (χ0n) is 14.2. The number of hydrogen-bond donors (Lipinski definition) is 0. The zero-order chi connectivity index (χ0) is 16.2. The van der Waals surface area contributed by atoms with Crippen molar-refractivity contribution in [2.75, 3.05) is 0 Å². The molecule has 0 atom stereocenters. The third kappa shape index (κ3) is 4.12. The molecule has 2 aromatic rings. The first-order valence-corrected chi connectivity index (χ1v) is 8.25. The van der Waals surface area contributed by atoms with Crippen LogP contribution in [0.15, 0.2) is 30.3 Å². The number of benzene rings is 1. The van der Waals surface area contributed by atoms with E-state index in [4.69, 9.17) is 4.74 Å². The summed E-state index contributed by atoms with van der Waals surface area (Å²) in [6, 6.07) is 10.1. The lowest BCUT2D eigenvalue weighted by atomic mass is 10.1. The Kier molecular flexibility index (Phi) is 5.28. The predicted octanol–water partition coefficient (Wildman–Crippen LogP) is 5.55. The summed E-state index contributed by atoms with van der Waals surface area (Å²) in [7, 11) is 0. The molecule has 1 heterocycles. The van der Waals surface area contributed by atoms with Crippen LogP contribution in [0.5, 0.6) is 0 Å². The summed E-state index contributed by atoms with van der Waals surface area (Å²) in [6.45, 7) is 7.91. The number of carbonyl (C=O) groups is 1. The predicted molar refractivity (Wildman–Crippen MR) is 91.4 cm³/mol. The van der Waals surface area contributed by atoms with Gasteiger partial charge in [0.2, 0.25) is 0 Å². The molecule has 0 unspecified atom stereocenters. The van der Waals surface area contributed by atoms with Crippen molar-refractivity contribution in [3.05, 3.63) is 36.0 Å². The molecule has 2 rings (SSSR count). The monoisotopic (exact) mass is 301 g/mol. The van der Waals surface area contributed by atoms with Crippen LogP contribution in [0, 0.1) is 0 Å². The molecule has 3 heteroatoms. The number of fused-ring (bicyclic) bond motifs is 1. The normalized spacial score (nSPS) is 11.8. The highest BCUT2D eigenvalue weighted by atomic mass is 16.6. The van der Waals surface area contributed by atoms with Crippen LogP contribution < -0.4 is 0 Å². The van der Waals surface area contributed by atoms with Crippen LogP contribution in [0.4, 0.5) is 4.79 Å². The molecule has 0 bridgehead atoms. The quantitative estimate of drug-likeness (QED) is 0.678. The van der Waals surface area contributed by atoms with E-state index in [1.807, 2.05) is 45.0 Å². The lowest BCUT2D eigenvalue weighted by Crippen LogP contribution is -2.28. The maximum Gasteiger partial charge on any atom is 0.419 e. The average molecular weight is 301 g/mol. The van der Waals surface area contributed by atoms with Crippen molar-refractivity contribution >= 4 is 17.0 Å². The van der Waals surface area contributed by atoms with E-state index in [-0.39, 0.29) is 6.09 Å². The first-order valence-electron chi connectivity index (χ1n) is 8.25. The van der Waals surface area contributed by atoms with E-state index in [0.717, 1.165) is 29.4 Å². The molecule has 0 fully saturated rings. The number of ether oxygens (including phenoxy) is 1. The number of para-hydroxylation sites is 1. The smallest absolute Gasteiger partial charge is 0.419 e. The van der Waals surface area contributed by atoms with Gasteiger partial charge >= 0.3 is 6.09 Å². The van der Waals surface area contributed by atoms with Crippen LogP contribution in [0.25, 0.3) is 10.9 Å². The Morgan fingerprint density at radius 2 is 1.86 bits per heavy atom. The van der Waals surface area contributed by atoms with Crippen molar-refractivity contribution in [3.8, 4) is 0 Å². The summed E-state index contributed by atoms with van der Waals surface area (Å²) < 4.78 is 7.32. The molecule has 0 radical (unpaired) electrons. The number of aromatic nitrogens is 1. The number of rotatable bonds is 5. The van der Waals surface area contributed by atoms with Gasteiger partial charge < -0.3 is 4.74 Å². The number of hydrogen-bond acceptors (Lipinski definition) is 2. The average Bonchev–Trinajstić information content (AvgIpc) is 2.80. The van der Waals surface area contributed by atoms with Crippen molar-refractivity contribution in [3.63, 3.8) is 0 Å². The molecule has 0 saturated heterocycles. The van der Waals surface area contributed by atoms with E-state index < -0.39 is 5.60 Å². The Morgan fingerprint density at radius 1 is 1.14 bits per heavy atom. The molecular weight excluding hydrogens is 274 g/mol. The van der Waals surface area contributed by atoms with Crippen molar-refractivity contribution in [2.45, 2.75) is 65.4 Å². The summed E-state index contributed by atoms with van der Waals surface area (Å²) in [4.78, 5) is 12.6. The minimum absolute atomic E-state index is 0.279. The summed E-state index contributed by atoms with van der Waals surface area (Å²) >= 11 is 0. The number of carbonyl (C=O) groups excluding carboxylic acids is 1. The van der Waals surface area contributed by atoms with Gasteiger partial charge in [-0.25, -0.2) is 9.36 Å². The fourth-order valence-corrected chi connectivity index (χ4v) is 2.65. The SMILES string of the molecule is CCCCCCc1cc2ccccc2n1C(=O)OC(C)(C)C. The molecule has 22 heavy (non-hydrogen) atoms. The maximum absolute atomic E-state index is 12.6. The molecule has 0 N–H and O–H groups in total. The van der Waals surface area contributed by atoms with Gasteiger partial charge in [0.05, 0.1) is 5.52 Å². The Balaban J connectivity index is 2.29. The molecule has 120 valence electrons. The second kappa shape index (κ2) is 6.99. The minimum atomic E-state index is -0.484. The van der Waals surface area contributed by atoms with Crippen LogP contribution in [-0.2, 0) is 11.2 Å². The van der Waals surface area contributed by atoms with Crippen LogP contribution in [-0.4, -0.2) is 16.3 Å². The van der Waals surface area contributed by atoms with E-state index >= 15 is 0 Å². The molecular formula is C19H27NO2.